The Balaban J connectivity index is 1.97. The zero-order valence-corrected chi connectivity index (χ0v) is 8.29. The van der Waals surface area contributed by atoms with Crippen LogP contribution < -0.4 is 0 Å². The molecule has 1 aliphatic heterocycles. The van der Waals surface area contributed by atoms with Crippen LogP contribution in [0.1, 0.15) is 19.3 Å². The van der Waals surface area contributed by atoms with Gasteiger partial charge in [0.25, 0.3) is 0 Å². The molecule has 0 unspecified atom stereocenters. The van der Waals surface area contributed by atoms with Crippen molar-refractivity contribution < 1.29 is 0 Å². The maximum atomic E-state index is 9.15. The van der Waals surface area contributed by atoms with Crippen molar-refractivity contribution in [1.29, 1.82) is 5.26 Å². The Bertz CT molecular complexity index is 219. The second-order valence-electron chi connectivity index (χ2n) is 4.29. The van der Waals surface area contributed by atoms with Crippen LogP contribution in [0.2, 0.25) is 0 Å². The molecule has 0 radical (unpaired) electrons. The van der Waals surface area contributed by atoms with Crippen LogP contribution in [0, 0.1) is 11.3 Å². The first-order chi connectivity index (χ1) is 6.27. The molecule has 3 heteroatoms. The molecule has 0 aromatic carbocycles. The summed E-state index contributed by atoms with van der Waals surface area (Å²) in [6.07, 6.45) is 3.42. The third-order valence-corrected chi connectivity index (χ3v) is 3.50. The number of hydrogen-bond acceptors (Lipinski definition) is 3. The van der Waals surface area contributed by atoms with E-state index in [9.17, 15) is 0 Å². The van der Waals surface area contributed by atoms with Gasteiger partial charge in [0.15, 0.2) is 0 Å². The predicted molar refractivity (Wildman–Crippen MR) is 51.3 cm³/mol. The van der Waals surface area contributed by atoms with E-state index in [1.807, 2.05) is 0 Å². The first kappa shape index (κ1) is 8.98. The zero-order chi connectivity index (χ0) is 9.31. The van der Waals surface area contributed by atoms with Crippen molar-refractivity contribution in [3.8, 4) is 6.07 Å². The molecule has 2 rings (SSSR count). The van der Waals surface area contributed by atoms with E-state index in [1.54, 1.807) is 0 Å². The van der Waals surface area contributed by atoms with Crippen molar-refractivity contribution >= 4 is 0 Å². The van der Waals surface area contributed by atoms with Crippen molar-refractivity contribution in [2.75, 3.05) is 33.2 Å². The SMILES string of the molecule is CN1CCN(C2(C#N)CCC2)CC1. The fourth-order valence-corrected chi connectivity index (χ4v) is 2.24. The van der Waals surface area contributed by atoms with Crippen LogP contribution in [-0.4, -0.2) is 48.6 Å². The lowest BCUT2D eigenvalue weighted by Gasteiger charge is -2.48. The number of rotatable bonds is 1. The molecule has 2 aliphatic rings. The Hall–Kier alpha value is -0.590. The van der Waals surface area contributed by atoms with Gasteiger partial charge in [-0.2, -0.15) is 5.26 Å². The van der Waals surface area contributed by atoms with Crippen LogP contribution in [0.25, 0.3) is 0 Å². The van der Waals surface area contributed by atoms with Gasteiger partial charge >= 0.3 is 0 Å². The van der Waals surface area contributed by atoms with Gasteiger partial charge in [-0.25, -0.2) is 0 Å². The van der Waals surface area contributed by atoms with Crippen LogP contribution in [0.15, 0.2) is 0 Å². The van der Waals surface area contributed by atoms with Gasteiger partial charge in [-0.05, 0) is 26.3 Å². The van der Waals surface area contributed by atoms with E-state index in [2.05, 4.69) is 22.9 Å². The summed E-state index contributed by atoms with van der Waals surface area (Å²) in [5.74, 6) is 0. The summed E-state index contributed by atoms with van der Waals surface area (Å²) in [4.78, 5) is 4.72. The summed E-state index contributed by atoms with van der Waals surface area (Å²) in [5, 5.41) is 9.15. The minimum Gasteiger partial charge on any atom is -0.304 e. The monoisotopic (exact) mass is 179 g/mol. The minimum atomic E-state index is -0.0682. The summed E-state index contributed by atoms with van der Waals surface area (Å²) >= 11 is 0. The first-order valence-corrected chi connectivity index (χ1v) is 5.12. The van der Waals surface area contributed by atoms with Gasteiger partial charge in [-0.3, -0.25) is 4.90 Å². The van der Waals surface area contributed by atoms with Gasteiger partial charge in [0, 0.05) is 26.2 Å². The van der Waals surface area contributed by atoms with Crippen molar-refractivity contribution in [3.63, 3.8) is 0 Å². The molecule has 1 saturated heterocycles. The topological polar surface area (TPSA) is 30.3 Å². The Morgan fingerprint density at radius 2 is 1.77 bits per heavy atom. The van der Waals surface area contributed by atoms with Crippen LogP contribution >= 0.6 is 0 Å². The number of piperazine rings is 1. The summed E-state index contributed by atoms with van der Waals surface area (Å²) in [7, 11) is 2.15. The molecule has 0 spiro atoms. The average Bonchev–Trinajstić information content (AvgIpc) is 2.07. The highest BCUT2D eigenvalue weighted by Crippen LogP contribution is 2.37. The van der Waals surface area contributed by atoms with E-state index >= 15 is 0 Å². The molecule has 3 nitrogen and oxygen atoms in total. The molecule has 0 amide bonds. The van der Waals surface area contributed by atoms with E-state index in [0.717, 1.165) is 39.0 Å². The third kappa shape index (κ3) is 1.45. The highest BCUT2D eigenvalue weighted by Gasteiger charge is 2.43. The Labute approximate surface area is 79.9 Å². The smallest absolute Gasteiger partial charge is 0.109 e. The second kappa shape index (κ2) is 3.28. The fourth-order valence-electron chi connectivity index (χ4n) is 2.24. The minimum absolute atomic E-state index is 0.0682. The van der Waals surface area contributed by atoms with E-state index < -0.39 is 0 Å². The highest BCUT2D eigenvalue weighted by molar-refractivity contribution is 5.14. The quantitative estimate of drug-likeness (QED) is 0.593. The molecule has 13 heavy (non-hydrogen) atoms. The normalized spacial score (nSPS) is 29.2. The van der Waals surface area contributed by atoms with Crippen LogP contribution in [0.3, 0.4) is 0 Å². The van der Waals surface area contributed by atoms with E-state index in [-0.39, 0.29) is 5.54 Å². The lowest BCUT2D eigenvalue weighted by molar-refractivity contribution is 0.0257. The Kier molecular flexibility index (Phi) is 2.27. The van der Waals surface area contributed by atoms with E-state index in [4.69, 9.17) is 5.26 Å². The molecule has 0 aromatic rings. The zero-order valence-electron chi connectivity index (χ0n) is 8.29. The highest BCUT2D eigenvalue weighted by atomic mass is 15.3. The molecule has 72 valence electrons. The van der Waals surface area contributed by atoms with Crippen LogP contribution in [-0.2, 0) is 0 Å². The molecule has 1 heterocycles. The molecule has 1 aliphatic carbocycles. The Morgan fingerprint density at radius 3 is 2.15 bits per heavy atom. The molecule has 1 saturated carbocycles. The first-order valence-electron chi connectivity index (χ1n) is 5.12. The summed E-state index contributed by atoms with van der Waals surface area (Å²) in [6, 6.07) is 2.51. The number of nitrogens with zero attached hydrogens (tertiary/aromatic N) is 3. The molecule has 0 N–H and O–H groups in total. The van der Waals surface area contributed by atoms with Crippen LogP contribution in [0.5, 0.6) is 0 Å². The molecule has 0 atom stereocenters. The molecule has 0 bridgehead atoms. The van der Waals surface area contributed by atoms with Crippen molar-refractivity contribution in [2.24, 2.45) is 0 Å². The summed E-state index contributed by atoms with van der Waals surface area (Å²) in [6.45, 7) is 4.38. The molecular weight excluding hydrogens is 162 g/mol. The lowest BCUT2D eigenvalue weighted by Crippen LogP contribution is -2.58. The number of hydrogen-bond donors (Lipinski definition) is 0. The molecule has 2 fully saturated rings. The lowest BCUT2D eigenvalue weighted by atomic mass is 9.76. The number of likely N-dealkylation sites (N-methyl/N-ethyl adjacent to an activating group) is 1. The van der Waals surface area contributed by atoms with Gasteiger partial charge in [0.1, 0.15) is 5.54 Å². The molecular formula is C10H17N3. The van der Waals surface area contributed by atoms with Gasteiger partial charge in [-0.1, -0.05) is 0 Å². The van der Waals surface area contributed by atoms with Crippen LogP contribution in [0.4, 0.5) is 0 Å². The van der Waals surface area contributed by atoms with Crippen molar-refractivity contribution in [2.45, 2.75) is 24.8 Å². The maximum absolute atomic E-state index is 9.15. The third-order valence-electron chi connectivity index (χ3n) is 3.50. The van der Waals surface area contributed by atoms with E-state index in [0.29, 0.717) is 0 Å². The van der Waals surface area contributed by atoms with Crippen molar-refractivity contribution in [3.05, 3.63) is 0 Å². The Morgan fingerprint density at radius 1 is 1.15 bits per heavy atom. The van der Waals surface area contributed by atoms with Crippen molar-refractivity contribution in [1.82, 2.24) is 9.80 Å². The van der Waals surface area contributed by atoms with Gasteiger partial charge < -0.3 is 4.90 Å². The van der Waals surface area contributed by atoms with Gasteiger partial charge in [-0.15, -0.1) is 0 Å². The van der Waals surface area contributed by atoms with Gasteiger partial charge in [0.2, 0.25) is 0 Å². The summed E-state index contributed by atoms with van der Waals surface area (Å²) < 4.78 is 0. The van der Waals surface area contributed by atoms with Gasteiger partial charge in [0.05, 0.1) is 6.07 Å². The largest absolute Gasteiger partial charge is 0.304 e. The fraction of sp³-hybridized carbons (Fsp3) is 0.900. The summed E-state index contributed by atoms with van der Waals surface area (Å²) in [5.41, 5.74) is -0.0682. The standard InChI is InChI=1S/C10H17N3/c1-12-5-7-13(8-6-12)10(9-11)3-2-4-10/h2-8H2,1H3. The predicted octanol–water partition coefficient (Wildman–Crippen LogP) is 0.680. The van der Waals surface area contributed by atoms with E-state index in [1.165, 1.54) is 6.42 Å². The number of nitriles is 1. The maximum Gasteiger partial charge on any atom is 0.109 e. The second-order valence-corrected chi connectivity index (χ2v) is 4.29. The average molecular weight is 179 g/mol. The molecule has 0 aromatic heterocycles.